The third kappa shape index (κ3) is 4.01. The molecule has 0 atom stereocenters. The van der Waals surface area contributed by atoms with Gasteiger partial charge in [0.1, 0.15) is 0 Å². The van der Waals surface area contributed by atoms with Gasteiger partial charge in [0, 0.05) is 52.0 Å². The highest BCUT2D eigenvalue weighted by atomic mass is 16.2. The largest absolute Gasteiger partial charge is 0.344 e. The van der Waals surface area contributed by atoms with Gasteiger partial charge >= 0.3 is 11.8 Å². The molecule has 1 fully saturated rings. The Morgan fingerprint density at radius 2 is 1.86 bits per heavy atom. The average Bonchev–Trinajstić information content (AvgIpc) is 2.53. The van der Waals surface area contributed by atoms with Crippen LogP contribution in [0.4, 0.5) is 0 Å². The quantitative estimate of drug-likeness (QED) is 0.737. The van der Waals surface area contributed by atoms with Gasteiger partial charge in [-0.25, -0.2) is 0 Å². The van der Waals surface area contributed by atoms with E-state index in [2.05, 4.69) is 10.3 Å². The van der Waals surface area contributed by atoms with E-state index in [0.29, 0.717) is 26.2 Å². The van der Waals surface area contributed by atoms with Crippen LogP contribution >= 0.6 is 0 Å². The Morgan fingerprint density at radius 1 is 1.19 bits per heavy atom. The summed E-state index contributed by atoms with van der Waals surface area (Å²) >= 11 is 0. The van der Waals surface area contributed by atoms with Gasteiger partial charge in [0.05, 0.1) is 0 Å². The van der Waals surface area contributed by atoms with Crippen molar-refractivity contribution in [3.63, 3.8) is 0 Å². The maximum atomic E-state index is 12.0. The first kappa shape index (κ1) is 15.0. The van der Waals surface area contributed by atoms with E-state index in [4.69, 9.17) is 0 Å². The summed E-state index contributed by atoms with van der Waals surface area (Å²) in [6.45, 7) is 3.48. The molecule has 1 aliphatic heterocycles. The van der Waals surface area contributed by atoms with Gasteiger partial charge in [0.15, 0.2) is 0 Å². The molecule has 112 valence electrons. The topological polar surface area (TPSA) is 82.6 Å². The Kier molecular flexibility index (Phi) is 4.86. The van der Waals surface area contributed by atoms with Crippen LogP contribution < -0.4 is 5.32 Å². The van der Waals surface area contributed by atoms with Crippen LogP contribution in [0.25, 0.3) is 0 Å². The van der Waals surface area contributed by atoms with Crippen LogP contribution in [0.1, 0.15) is 12.5 Å². The molecule has 0 radical (unpaired) electrons. The lowest BCUT2D eigenvalue weighted by molar-refractivity contribution is -0.148. The van der Waals surface area contributed by atoms with Crippen molar-refractivity contribution in [3.05, 3.63) is 30.1 Å². The van der Waals surface area contributed by atoms with Gasteiger partial charge in [0.25, 0.3) is 0 Å². The van der Waals surface area contributed by atoms with E-state index < -0.39 is 11.8 Å². The van der Waals surface area contributed by atoms with Gasteiger partial charge < -0.3 is 15.1 Å². The van der Waals surface area contributed by atoms with Crippen molar-refractivity contribution < 1.29 is 14.4 Å². The molecule has 7 nitrogen and oxygen atoms in total. The number of piperazine rings is 1. The van der Waals surface area contributed by atoms with Gasteiger partial charge in [0.2, 0.25) is 5.91 Å². The Bertz CT molecular complexity index is 524. The Balaban J connectivity index is 1.80. The summed E-state index contributed by atoms with van der Waals surface area (Å²) in [5.41, 5.74) is 0.833. The number of hydrogen-bond acceptors (Lipinski definition) is 4. The van der Waals surface area contributed by atoms with Crippen molar-refractivity contribution in [2.24, 2.45) is 0 Å². The monoisotopic (exact) mass is 290 g/mol. The molecule has 1 aromatic rings. The van der Waals surface area contributed by atoms with Crippen LogP contribution in [0.15, 0.2) is 24.5 Å². The molecule has 0 aliphatic carbocycles. The van der Waals surface area contributed by atoms with Gasteiger partial charge in [-0.15, -0.1) is 0 Å². The maximum Gasteiger partial charge on any atom is 0.312 e. The van der Waals surface area contributed by atoms with Crippen molar-refractivity contribution >= 4 is 17.7 Å². The predicted octanol–water partition coefficient (Wildman–Crippen LogP) is -0.611. The minimum absolute atomic E-state index is 0.0110. The molecule has 0 saturated carbocycles. The second-order valence-electron chi connectivity index (χ2n) is 4.84. The number of aromatic nitrogens is 1. The molecule has 7 heteroatoms. The zero-order valence-corrected chi connectivity index (χ0v) is 11.9. The van der Waals surface area contributed by atoms with Gasteiger partial charge in [-0.3, -0.25) is 19.4 Å². The van der Waals surface area contributed by atoms with Crippen LogP contribution in [-0.2, 0) is 20.9 Å². The van der Waals surface area contributed by atoms with E-state index in [1.165, 1.54) is 11.8 Å². The molecule has 0 unspecified atom stereocenters. The van der Waals surface area contributed by atoms with Crippen LogP contribution in [0.5, 0.6) is 0 Å². The molecular formula is C14H18N4O3. The summed E-state index contributed by atoms with van der Waals surface area (Å²) in [7, 11) is 0. The smallest absolute Gasteiger partial charge is 0.312 e. The highest BCUT2D eigenvalue weighted by Crippen LogP contribution is 2.03. The van der Waals surface area contributed by atoms with E-state index in [0.717, 1.165) is 5.56 Å². The Labute approximate surface area is 122 Å². The molecular weight excluding hydrogens is 272 g/mol. The van der Waals surface area contributed by atoms with Crippen molar-refractivity contribution in [1.29, 1.82) is 0 Å². The van der Waals surface area contributed by atoms with E-state index in [-0.39, 0.29) is 12.5 Å². The van der Waals surface area contributed by atoms with E-state index in [1.807, 2.05) is 6.07 Å². The first-order valence-corrected chi connectivity index (χ1v) is 6.79. The molecule has 1 N–H and O–H groups in total. The highest BCUT2D eigenvalue weighted by molar-refractivity contribution is 6.35. The van der Waals surface area contributed by atoms with Gasteiger partial charge in [-0.2, -0.15) is 0 Å². The molecule has 0 aromatic carbocycles. The van der Waals surface area contributed by atoms with Crippen LogP contribution in [0, 0.1) is 0 Å². The van der Waals surface area contributed by atoms with E-state index >= 15 is 0 Å². The lowest BCUT2D eigenvalue weighted by Gasteiger charge is -2.33. The van der Waals surface area contributed by atoms with E-state index in [1.54, 1.807) is 23.4 Å². The van der Waals surface area contributed by atoms with Crippen molar-refractivity contribution in [2.45, 2.75) is 13.5 Å². The summed E-state index contributed by atoms with van der Waals surface area (Å²) in [6.07, 6.45) is 3.28. The molecule has 2 heterocycles. The zero-order chi connectivity index (χ0) is 15.2. The third-order valence-corrected chi connectivity index (χ3v) is 3.38. The van der Waals surface area contributed by atoms with Crippen molar-refractivity contribution in [2.75, 3.05) is 26.2 Å². The molecule has 1 aliphatic rings. The fourth-order valence-corrected chi connectivity index (χ4v) is 2.13. The number of pyridine rings is 1. The lowest BCUT2D eigenvalue weighted by atomic mass is 10.2. The van der Waals surface area contributed by atoms with Crippen LogP contribution in [-0.4, -0.2) is 58.7 Å². The molecule has 1 saturated heterocycles. The number of nitrogens with one attached hydrogen (secondary N) is 1. The number of carbonyl (C=O) groups is 3. The Hall–Kier alpha value is -2.44. The standard InChI is InChI=1S/C14H18N4O3/c1-11(19)17-5-7-18(8-6-17)14(21)13(20)16-10-12-3-2-4-15-9-12/h2-4,9H,5-8,10H2,1H3,(H,16,20). The number of nitrogens with zero attached hydrogens (tertiary/aromatic N) is 3. The summed E-state index contributed by atoms with van der Waals surface area (Å²) in [6, 6.07) is 3.59. The molecule has 0 bridgehead atoms. The molecule has 21 heavy (non-hydrogen) atoms. The summed E-state index contributed by atoms with van der Waals surface area (Å²) in [5, 5.41) is 2.58. The highest BCUT2D eigenvalue weighted by Gasteiger charge is 2.26. The molecule has 2 rings (SSSR count). The van der Waals surface area contributed by atoms with Crippen molar-refractivity contribution in [3.8, 4) is 0 Å². The minimum Gasteiger partial charge on any atom is -0.344 e. The molecule has 0 spiro atoms. The van der Waals surface area contributed by atoms with E-state index in [9.17, 15) is 14.4 Å². The minimum atomic E-state index is -0.630. The maximum absolute atomic E-state index is 12.0. The second kappa shape index (κ2) is 6.83. The van der Waals surface area contributed by atoms with Gasteiger partial charge in [-0.05, 0) is 11.6 Å². The van der Waals surface area contributed by atoms with Crippen molar-refractivity contribution in [1.82, 2.24) is 20.1 Å². The SMILES string of the molecule is CC(=O)N1CCN(C(=O)C(=O)NCc2cccnc2)CC1. The number of amides is 3. The van der Waals surface area contributed by atoms with Crippen LogP contribution in [0.2, 0.25) is 0 Å². The first-order valence-electron chi connectivity index (χ1n) is 6.79. The normalized spacial score (nSPS) is 14.7. The third-order valence-electron chi connectivity index (χ3n) is 3.38. The molecule has 1 aromatic heterocycles. The zero-order valence-electron chi connectivity index (χ0n) is 11.9. The number of hydrogen-bond donors (Lipinski definition) is 1. The lowest BCUT2D eigenvalue weighted by Crippen LogP contribution is -2.53. The predicted molar refractivity (Wildman–Crippen MR) is 74.9 cm³/mol. The fraction of sp³-hybridized carbons (Fsp3) is 0.429. The number of carbonyl (C=O) groups excluding carboxylic acids is 3. The second-order valence-corrected chi connectivity index (χ2v) is 4.84. The summed E-state index contributed by atoms with van der Waals surface area (Å²) in [5.74, 6) is -1.19. The Morgan fingerprint density at radius 3 is 2.43 bits per heavy atom. The van der Waals surface area contributed by atoms with Gasteiger partial charge in [-0.1, -0.05) is 6.07 Å². The summed E-state index contributed by atoms with van der Waals surface area (Å²) < 4.78 is 0. The number of rotatable bonds is 2. The molecule has 3 amide bonds. The fourth-order valence-electron chi connectivity index (χ4n) is 2.13. The average molecular weight is 290 g/mol. The van der Waals surface area contributed by atoms with Crippen LogP contribution in [0.3, 0.4) is 0 Å². The first-order chi connectivity index (χ1) is 10.1. The summed E-state index contributed by atoms with van der Waals surface area (Å²) in [4.78, 5) is 42.1.